The van der Waals surface area contributed by atoms with Crippen molar-refractivity contribution >= 4 is 21.7 Å². The Balaban J connectivity index is 3.17. The molecule has 1 aromatic carbocycles. The highest BCUT2D eigenvalue weighted by Crippen LogP contribution is 2.20. The summed E-state index contributed by atoms with van der Waals surface area (Å²) in [6, 6.07) is 5.26. The molecule has 110 valence electrons. The minimum absolute atomic E-state index is 0.331. The second-order valence-electron chi connectivity index (χ2n) is 4.28. The fraction of sp³-hybridized carbons (Fsp3) is 0.385. The van der Waals surface area contributed by atoms with Crippen molar-refractivity contribution in [3.63, 3.8) is 0 Å². The number of carboxylic acids is 1. The summed E-state index contributed by atoms with van der Waals surface area (Å²) >= 11 is 0. The van der Waals surface area contributed by atoms with Crippen LogP contribution in [0.15, 0.2) is 29.2 Å². The van der Waals surface area contributed by atoms with Gasteiger partial charge in [0, 0.05) is 6.54 Å². The van der Waals surface area contributed by atoms with E-state index in [1.165, 1.54) is 31.2 Å². The number of hydrogen-bond acceptors (Lipinski definition) is 4. The van der Waals surface area contributed by atoms with E-state index in [9.17, 15) is 18.0 Å². The summed E-state index contributed by atoms with van der Waals surface area (Å²) in [5.74, 6) is -1.97. The molecule has 6 nitrogen and oxygen atoms in total. The number of sulfone groups is 1. The molecule has 0 aliphatic rings. The molecule has 0 aliphatic heterocycles. The summed E-state index contributed by atoms with van der Waals surface area (Å²) < 4.78 is 24.7. The largest absolute Gasteiger partial charge is 0.478 e. The Kier molecular flexibility index (Phi) is 5.26. The number of nitrogens with one attached hydrogen (secondary N) is 1. The molecule has 0 spiro atoms. The quantitative estimate of drug-likeness (QED) is 0.818. The molecule has 7 heteroatoms. The van der Waals surface area contributed by atoms with Crippen LogP contribution in [-0.4, -0.2) is 37.2 Å². The van der Waals surface area contributed by atoms with Crippen molar-refractivity contribution in [2.75, 3.05) is 6.54 Å². The van der Waals surface area contributed by atoms with E-state index in [2.05, 4.69) is 5.32 Å². The highest BCUT2D eigenvalue weighted by Gasteiger charge is 2.32. The van der Waals surface area contributed by atoms with E-state index in [4.69, 9.17) is 5.11 Å². The highest BCUT2D eigenvalue weighted by molar-refractivity contribution is 7.92. The van der Waals surface area contributed by atoms with Crippen LogP contribution in [0.25, 0.3) is 0 Å². The number of amides is 1. The summed E-state index contributed by atoms with van der Waals surface area (Å²) in [4.78, 5) is 22.5. The van der Waals surface area contributed by atoms with Crippen molar-refractivity contribution in [1.29, 1.82) is 0 Å². The Morgan fingerprint density at radius 3 is 2.45 bits per heavy atom. The Hall–Kier alpha value is -1.89. The average Bonchev–Trinajstić information content (AvgIpc) is 2.43. The summed E-state index contributed by atoms with van der Waals surface area (Å²) in [5.41, 5.74) is -0.331. The third-order valence-electron chi connectivity index (χ3n) is 2.81. The van der Waals surface area contributed by atoms with Gasteiger partial charge in [-0.3, -0.25) is 4.79 Å². The third-order valence-corrected chi connectivity index (χ3v) is 4.92. The van der Waals surface area contributed by atoms with Gasteiger partial charge in [-0.25, -0.2) is 13.2 Å². The Morgan fingerprint density at radius 2 is 1.90 bits per heavy atom. The smallest absolute Gasteiger partial charge is 0.337 e. The zero-order chi connectivity index (χ0) is 15.3. The van der Waals surface area contributed by atoms with Crippen molar-refractivity contribution < 1.29 is 23.1 Å². The topological polar surface area (TPSA) is 101 Å². The molecule has 1 unspecified atom stereocenters. The van der Waals surface area contributed by atoms with Gasteiger partial charge in [0.15, 0.2) is 9.84 Å². The third kappa shape index (κ3) is 3.36. The molecule has 0 fully saturated rings. The van der Waals surface area contributed by atoms with Crippen LogP contribution in [0.2, 0.25) is 0 Å². The standard InChI is InChI=1S/C13H17NO5S/c1-3-8-14-12(15)9(2)20(18,19)11-7-5-4-6-10(11)13(16)17/h4-7,9H,3,8H2,1-2H3,(H,14,15)(H,16,17). The zero-order valence-electron chi connectivity index (χ0n) is 11.3. The summed E-state index contributed by atoms with van der Waals surface area (Å²) in [7, 11) is -4.04. The second-order valence-corrected chi connectivity index (χ2v) is 6.52. The first-order valence-electron chi connectivity index (χ1n) is 6.16. The number of benzene rings is 1. The monoisotopic (exact) mass is 299 g/mol. The van der Waals surface area contributed by atoms with Gasteiger partial charge in [0.25, 0.3) is 0 Å². The average molecular weight is 299 g/mol. The van der Waals surface area contributed by atoms with Crippen LogP contribution in [0.5, 0.6) is 0 Å². The van der Waals surface area contributed by atoms with E-state index in [0.29, 0.717) is 13.0 Å². The first-order chi connectivity index (χ1) is 9.32. The summed E-state index contributed by atoms with van der Waals surface area (Å²) in [5, 5.41) is 10.2. The van der Waals surface area contributed by atoms with E-state index in [0.717, 1.165) is 0 Å². The van der Waals surface area contributed by atoms with Gasteiger partial charge in [-0.2, -0.15) is 0 Å². The van der Waals surface area contributed by atoms with Gasteiger partial charge in [-0.05, 0) is 25.5 Å². The number of carboxylic acid groups (broad SMARTS) is 1. The van der Waals surface area contributed by atoms with Crippen LogP contribution in [0.4, 0.5) is 0 Å². The van der Waals surface area contributed by atoms with Gasteiger partial charge in [-0.1, -0.05) is 19.1 Å². The number of rotatable bonds is 6. The van der Waals surface area contributed by atoms with E-state index in [-0.39, 0.29) is 10.5 Å². The minimum atomic E-state index is -4.04. The van der Waals surface area contributed by atoms with Crippen molar-refractivity contribution in [3.05, 3.63) is 29.8 Å². The van der Waals surface area contributed by atoms with E-state index in [1.54, 1.807) is 0 Å². The van der Waals surface area contributed by atoms with Crippen LogP contribution in [0.3, 0.4) is 0 Å². The van der Waals surface area contributed by atoms with Gasteiger partial charge in [-0.15, -0.1) is 0 Å². The van der Waals surface area contributed by atoms with Crippen LogP contribution in [0.1, 0.15) is 30.6 Å². The second kappa shape index (κ2) is 6.51. The van der Waals surface area contributed by atoms with Crippen molar-refractivity contribution in [2.45, 2.75) is 30.4 Å². The summed E-state index contributed by atoms with van der Waals surface area (Å²) in [6.45, 7) is 3.47. The lowest BCUT2D eigenvalue weighted by molar-refractivity contribution is -0.120. The first-order valence-corrected chi connectivity index (χ1v) is 7.71. The Bertz CT molecular complexity index is 609. The molecule has 0 saturated carbocycles. The Morgan fingerprint density at radius 1 is 1.30 bits per heavy atom. The van der Waals surface area contributed by atoms with Gasteiger partial charge >= 0.3 is 5.97 Å². The summed E-state index contributed by atoms with van der Waals surface area (Å²) in [6.07, 6.45) is 0.685. The maximum Gasteiger partial charge on any atom is 0.337 e. The highest BCUT2D eigenvalue weighted by atomic mass is 32.2. The van der Waals surface area contributed by atoms with Gasteiger partial charge in [0.2, 0.25) is 5.91 Å². The van der Waals surface area contributed by atoms with Crippen molar-refractivity contribution in [2.24, 2.45) is 0 Å². The van der Waals surface area contributed by atoms with Gasteiger partial charge < -0.3 is 10.4 Å². The maximum atomic E-state index is 12.3. The number of aromatic carboxylic acids is 1. The van der Waals surface area contributed by atoms with E-state index >= 15 is 0 Å². The molecule has 1 amide bonds. The predicted molar refractivity (Wildman–Crippen MR) is 73.3 cm³/mol. The minimum Gasteiger partial charge on any atom is -0.478 e. The van der Waals surface area contributed by atoms with E-state index < -0.39 is 27.0 Å². The molecule has 0 aliphatic carbocycles. The predicted octanol–water partition coefficient (Wildman–Crippen LogP) is 1.07. The molecule has 0 heterocycles. The lowest BCUT2D eigenvalue weighted by Gasteiger charge is -2.14. The molecular formula is C13H17NO5S. The first kappa shape index (κ1) is 16.2. The molecule has 0 saturated heterocycles. The molecule has 2 N–H and O–H groups in total. The maximum absolute atomic E-state index is 12.3. The SMILES string of the molecule is CCCNC(=O)C(C)S(=O)(=O)c1ccccc1C(=O)O. The van der Waals surface area contributed by atoms with Gasteiger partial charge in [0.1, 0.15) is 5.25 Å². The van der Waals surface area contributed by atoms with Crippen molar-refractivity contribution in [3.8, 4) is 0 Å². The van der Waals surface area contributed by atoms with E-state index in [1.807, 2.05) is 6.92 Å². The molecule has 1 aromatic rings. The molecule has 0 radical (unpaired) electrons. The molecule has 0 aromatic heterocycles. The number of carbonyl (C=O) groups is 2. The lowest BCUT2D eigenvalue weighted by atomic mass is 10.2. The zero-order valence-corrected chi connectivity index (χ0v) is 12.1. The number of hydrogen-bond donors (Lipinski definition) is 2. The number of carbonyl (C=O) groups excluding carboxylic acids is 1. The van der Waals surface area contributed by atoms with Crippen molar-refractivity contribution in [1.82, 2.24) is 5.32 Å². The molecule has 20 heavy (non-hydrogen) atoms. The lowest BCUT2D eigenvalue weighted by Crippen LogP contribution is -2.38. The molecule has 1 rings (SSSR count). The fourth-order valence-corrected chi connectivity index (χ4v) is 3.09. The van der Waals surface area contributed by atoms with Crippen LogP contribution in [0, 0.1) is 0 Å². The molecular weight excluding hydrogens is 282 g/mol. The van der Waals surface area contributed by atoms with Gasteiger partial charge in [0.05, 0.1) is 10.5 Å². The molecule has 0 bridgehead atoms. The normalized spacial score (nSPS) is 12.7. The van der Waals surface area contributed by atoms with Crippen LogP contribution in [-0.2, 0) is 14.6 Å². The van der Waals surface area contributed by atoms with Crippen LogP contribution < -0.4 is 5.32 Å². The van der Waals surface area contributed by atoms with Crippen LogP contribution >= 0.6 is 0 Å². The molecule has 1 atom stereocenters. The Labute approximate surface area is 117 Å². The fourth-order valence-electron chi connectivity index (χ4n) is 1.61.